The highest BCUT2D eigenvalue weighted by molar-refractivity contribution is 9.10. The zero-order chi connectivity index (χ0) is 9.97. The normalized spacial score (nSPS) is 10.1. The Hall–Kier alpha value is -1.63. The summed E-state index contributed by atoms with van der Waals surface area (Å²) >= 11 is 3.20. The molecule has 2 heterocycles. The van der Waals surface area contributed by atoms with Crippen LogP contribution >= 0.6 is 15.9 Å². The van der Waals surface area contributed by atoms with E-state index in [1.54, 1.807) is 12.1 Å². The van der Waals surface area contributed by atoms with E-state index < -0.39 is 0 Å². The van der Waals surface area contributed by atoms with Gasteiger partial charge in [-0.3, -0.25) is 4.79 Å². The lowest BCUT2D eigenvalue weighted by atomic mass is 10.2. The Kier molecular flexibility index (Phi) is 2.32. The molecule has 70 valence electrons. The SMILES string of the molecule is O=Cc1ccc(Br)nc1-c1nn[nH]n1. The van der Waals surface area contributed by atoms with Crippen molar-refractivity contribution >= 4 is 22.2 Å². The van der Waals surface area contributed by atoms with Crippen LogP contribution in [0.15, 0.2) is 16.7 Å². The van der Waals surface area contributed by atoms with Crippen LogP contribution < -0.4 is 0 Å². The zero-order valence-electron chi connectivity index (χ0n) is 6.81. The molecule has 2 aromatic rings. The Bertz CT molecular complexity index is 455. The molecule has 0 amide bonds. The fraction of sp³-hybridized carbons (Fsp3) is 0. The molecule has 14 heavy (non-hydrogen) atoms. The molecule has 0 spiro atoms. The van der Waals surface area contributed by atoms with E-state index in [4.69, 9.17) is 0 Å². The second-order valence-electron chi connectivity index (χ2n) is 2.43. The van der Waals surface area contributed by atoms with Crippen LogP contribution in [0.4, 0.5) is 0 Å². The van der Waals surface area contributed by atoms with Gasteiger partial charge in [0.05, 0.1) is 0 Å². The molecule has 0 aromatic carbocycles. The Morgan fingerprint density at radius 1 is 1.43 bits per heavy atom. The van der Waals surface area contributed by atoms with Gasteiger partial charge < -0.3 is 0 Å². The quantitative estimate of drug-likeness (QED) is 0.634. The predicted molar refractivity (Wildman–Crippen MR) is 50.5 cm³/mol. The number of carbonyl (C=O) groups is 1. The maximum atomic E-state index is 10.7. The van der Waals surface area contributed by atoms with Gasteiger partial charge in [-0.05, 0) is 33.3 Å². The van der Waals surface area contributed by atoms with E-state index in [-0.39, 0.29) is 0 Å². The number of aromatic amines is 1. The standard InChI is InChI=1S/C7H4BrN5O/c8-5-2-1-4(3-14)6(9-5)7-10-12-13-11-7/h1-3H,(H,10,11,12,13). The van der Waals surface area contributed by atoms with Crippen molar-refractivity contribution < 1.29 is 4.79 Å². The number of tetrazole rings is 1. The number of rotatable bonds is 2. The monoisotopic (exact) mass is 253 g/mol. The highest BCUT2D eigenvalue weighted by Crippen LogP contribution is 2.18. The second-order valence-corrected chi connectivity index (χ2v) is 3.24. The number of halogens is 1. The molecule has 0 bridgehead atoms. The van der Waals surface area contributed by atoms with Gasteiger partial charge in [-0.1, -0.05) is 0 Å². The van der Waals surface area contributed by atoms with Crippen LogP contribution in [0.25, 0.3) is 11.5 Å². The average molecular weight is 254 g/mol. The number of nitrogens with zero attached hydrogens (tertiary/aromatic N) is 4. The van der Waals surface area contributed by atoms with Gasteiger partial charge >= 0.3 is 0 Å². The molecule has 0 aliphatic heterocycles. The number of carbonyl (C=O) groups excluding carboxylic acids is 1. The third-order valence-corrected chi connectivity index (χ3v) is 2.02. The van der Waals surface area contributed by atoms with Crippen LogP contribution in [0.5, 0.6) is 0 Å². The summed E-state index contributed by atoms with van der Waals surface area (Å²) in [5.74, 6) is 0.299. The molecular formula is C7H4BrN5O. The van der Waals surface area contributed by atoms with Gasteiger partial charge in [-0.2, -0.15) is 5.21 Å². The third-order valence-electron chi connectivity index (χ3n) is 1.58. The van der Waals surface area contributed by atoms with Crippen LogP contribution in [0.2, 0.25) is 0 Å². The molecule has 0 radical (unpaired) electrons. The van der Waals surface area contributed by atoms with Gasteiger partial charge in [0.1, 0.15) is 10.3 Å². The lowest BCUT2D eigenvalue weighted by Gasteiger charge is -1.98. The first-order valence-electron chi connectivity index (χ1n) is 3.67. The third kappa shape index (κ3) is 1.53. The average Bonchev–Trinajstić information content (AvgIpc) is 2.70. The Morgan fingerprint density at radius 2 is 2.29 bits per heavy atom. The van der Waals surface area contributed by atoms with Crippen LogP contribution in [-0.2, 0) is 0 Å². The molecule has 0 aliphatic carbocycles. The van der Waals surface area contributed by atoms with Gasteiger partial charge in [0.25, 0.3) is 0 Å². The summed E-state index contributed by atoms with van der Waals surface area (Å²) in [5, 5.41) is 13.2. The first-order valence-corrected chi connectivity index (χ1v) is 4.46. The zero-order valence-corrected chi connectivity index (χ0v) is 8.39. The topological polar surface area (TPSA) is 84.4 Å². The summed E-state index contributed by atoms with van der Waals surface area (Å²) in [4.78, 5) is 14.8. The number of pyridine rings is 1. The number of hydrogen-bond donors (Lipinski definition) is 1. The van der Waals surface area contributed by atoms with Gasteiger partial charge in [0.2, 0.25) is 5.82 Å². The Labute approximate surface area is 86.9 Å². The number of H-pyrrole nitrogens is 1. The molecule has 2 aromatic heterocycles. The Balaban J connectivity index is 2.61. The van der Waals surface area contributed by atoms with Crippen molar-refractivity contribution in [3.05, 3.63) is 22.3 Å². The number of aldehydes is 1. The van der Waals surface area contributed by atoms with E-state index in [0.29, 0.717) is 28.0 Å². The van der Waals surface area contributed by atoms with E-state index in [2.05, 4.69) is 41.5 Å². The van der Waals surface area contributed by atoms with Crippen molar-refractivity contribution in [3.63, 3.8) is 0 Å². The van der Waals surface area contributed by atoms with Crippen molar-refractivity contribution in [2.24, 2.45) is 0 Å². The summed E-state index contributed by atoms with van der Waals surface area (Å²) < 4.78 is 0.614. The van der Waals surface area contributed by atoms with Crippen molar-refractivity contribution in [1.82, 2.24) is 25.6 Å². The van der Waals surface area contributed by atoms with E-state index >= 15 is 0 Å². The highest BCUT2D eigenvalue weighted by Gasteiger charge is 2.10. The molecule has 2 rings (SSSR count). The maximum absolute atomic E-state index is 10.7. The number of aromatic nitrogens is 5. The van der Waals surface area contributed by atoms with Crippen LogP contribution in [0.3, 0.4) is 0 Å². The first kappa shape index (κ1) is 8.95. The lowest BCUT2D eigenvalue weighted by Crippen LogP contribution is -1.94. The van der Waals surface area contributed by atoms with Crippen LogP contribution in [0.1, 0.15) is 10.4 Å². The summed E-state index contributed by atoms with van der Waals surface area (Å²) in [6.45, 7) is 0. The van der Waals surface area contributed by atoms with Crippen molar-refractivity contribution in [2.75, 3.05) is 0 Å². The molecule has 0 atom stereocenters. The minimum Gasteiger partial charge on any atom is -0.298 e. The number of hydrogen-bond acceptors (Lipinski definition) is 5. The van der Waals surface area contributed by atoms with Crippen LogP contribution in [0, 0.1) is 0 Å². The molecule has 1 N–H and O–H groups in total. The Morgan fingerprint density at radius 3 is 2.93 bits per heavy atom. The fourth-order valence-corrected chi connectivity index (χ4v) is 1.29. The fourth-order valence-electron chi connectivity index (χ4n) is 0.982. The predicted octanol–water partition coefficient (Wildman–Crippen LogP) is 0.837. The van der Waals surface area contributed by atoms with E-state index in [0.717, 1.165) is 0 Å². The first-order chi connectivity index (χ1) is 6.81. The maximum Gasteiger partial charge on any atom is 0.223 e. The summed E-state index contributed by atoms with van der Waals surface area (Å²) in [7, 11) is 0. The minimum absolute atomic E-state index is 0.299. The molecule has 0 fully saturated rings. The minimum atomic E-state index is 0.299. The van der Waals surface area contributed by atoms with Crippen molar-refractivity contribution in [3.8, 4) is 11.5 Å². The summed E-state index contributed by atoms with van der Waals surface area (Å²) in [5.41, 5.74) is 0.831. The molecule has 0 aliphatic rings. The molecule has 6 nitrogen and oxygen atoms in total. The van der Waals surface area contributed by atoms with E-state index in [1.807, 2.05) is 0 Å². The van der Waals surface area contributed by atoms with E-state index in [9.17, 15) is 4.79 Å². The van der Waals surface area contributed by atoms with Gasteiger partial charge in [0, 0.05) is 5.56 Å². The lowest BCUT2D eigenvalue weighted by molar-refractivity contribution is 0.112. The molecule has 7 heteroatoms. The molecule has 0 unspecified atom stereocenters. The van der Waals surface area contributed by atoms with Gasteiger partial charge in [-0.15, -0.1) is 10.2 Å². The van der Waals surface area contributed by atoms with Gasteiger partial charge in [-0.25, -0.2) is 4.98 Å². The van der Waals surface area contributed by atoms with Gasteiger partial charge in [0.15, 0.2) is 6.29 Å². The smallest absolute Gasteiger partial charge is 0.223 e. The van der Waals surface area contributed by atoms with Crippen LogP contribution in [-0.4, -0.2) is 31.9 Å². The molecule has 0 saturated heterocycles. The largest absolute Gasteiger partial charge is 0.298 e. The number of nitrogens with one attached hydrogen (secondary N) is 1. The van der Waals surface area contributed by atoms with Crippen molar-refractivity contribution in [1.29, 1.82) is 0 Å². The highest BCUT2D eigenvalue weighted by atomic mass is 79.9. The van der Waals surface area contributed by atoms with E-state index in [1.165, 1.54) is 0 Å². The molecule has 0 saturated carbocycles. The summed E-state index contributed by atoms with van der Waals surface area (Å²) in [6, 6.07) is 3.31. The summed E-state index contributed by atoms with van der Waals surface area (Å²) in [6.07, 6.45) is 0.700. The molecular weight excluding hydrogens is 250 g/mol. The second kappa shape index (κ2) is 3.62. The van der Waals surface area contributed by atoms with Crippen molar-refractivity contribution in [2.45, 2.75) is 0 Å².